The lowest BCUT2D eigenvalue weighted by Crippen LogP contribution is -2.25. The largest absolute Gasteiger partial charge is 0.382 e. The monoisotopic (exact) mass is 261 g/mol. The van der Waals surface area contributed by atoms with E-state index in [9.17, 15) is 4.79 Å². The molecule has 0 bridgehead atoms. The average Bonchev–Trinajstić information content (AvgIpc) is 2.77. The zero-order chi connectivity index (χ0) is 13.7. The molecule has 0 fully saturated rings. The first kappa shape index (κ1) is 13.5. The van der Waals surface area contributed by atoms with Gasteiger partial charge in [-0.15, -0.1) is 0 Å². The molecular weight excluding hydrogens is 242 g/mol. The van der Waals surface area contributed by atoms with Crippen LogP contribution < -0.4 is 5.32 Å². The number of aryl methyl sites for hydroxylation is 1. The maximum absolute atomic E-state index is 11.9. The van der Waals surface area contributed by atoms with E-state index >= 15 is 0 Å². The van der Waals surface area contributed by atoms with E-state index in [1.807, 2.05) is 30.5 Å². The van der Waals surface area contributed by atoms with Crippen LogP contribution >= 0.6 is 0 Å². The average molecular weight is 261 g/mol. The molecule has 19 heavy (non-hydrogen) atoms. The molecule has 0 aliphatic rings. The van der Waals surface area contributed by atoms with Gasteiger partial charge in [0.05, 0.1) is 11.3 Å². The summed E-state index contributed by atoms with van der Waals surface area (Å²) in [6, 6.07) is 3.64. The maximum atomic E-state index is 11.9. The van der Waals surface area contributed by atoms with Crippen molar-refractivity contribution in [2.75, 3.05) is 19.8 Å². The Bertz CT molecular complexity index is 563. The number of imidazole rings is 1. The Balaban J connectivity index is 1.93. The fourth-order valence-corrected chi connectivity index (χ4v) is 1.88. The van der Waals surface area contributed by atoms with Gasteiger partial charge in [0.1, 0.15) is 5.65 Å². The Hall–Kier alpha value is -1.88. The topological polar surface area (TPSA) is 55.6 Å². The Morgan fingerprint density at radius 3 is 3.05 bits per heavy atom. The van der Waals surface area contributed by atoms with Crippen molar-refractivity contribution in [3.63, 3.8) is 0 Å². The van der Waals surface area contributed by atoms with Crippen LogP contribution in [0.15, 0.2) is 24.5 Å². The summed E-state index contributed by atoms with van der Waals surface area (Å²) in [7, 11) is 0. The van der Waals surface area contributed by atoms with Gasteiger partial charge in [-0.2, -0.15) is 0 Å². The zero-order valence-electron chi connectivity index (χ0n) is 11.3. The number of carbonyl (C=O) groups is 1. The number of nitrogens with one attached hydrogen (secondary N) is 1. The summed E-state index contributed by atoms with van der Waals surface area (Å²) in [5.74, 6) is -0.0650. The molecule has 5 nitrogen and oxygen atoms in total. The minimum absolute atomic E-state index is 0.0650. The van der Waals surface area contributed by atoms with Crippen LogP contribution in [0.25, 0.3) is 5.65 Å². The Kier molecular flexibility index (Phi) is 4.52. The Morgan fingerprint density at radius 1 is 1.42 bits per heavy atom. The molecule has 0 aliphatic carbocycles. The van der Waals surface area contributed by atoms with Crippen LogP contribution in [0.2, 0.25) is 0 Å². The van der Waals surface area contributed by atoms with Crippen LogP contribution in [0.1, 0.15) is 29.4 Å². The Morgan fingerprint density at radius 2 is 2.26 bits per heavy atom. The van der Waals surface area contributed by atoms with Gasteiger partial charge in [0.25, 0.3) is 5.91 Å². The molecule has 0 atom stereocenters. The smallest absolute Gasteiger partial charge is 0.252 e. The third kappa shape index (κ3) is 3.54. The van der Waals surface area contributed by atoms with Gasteiger partial charge >= 0.3 is 0 Å². The van der Waals surface area contributed by atoms with Crippen LogP contribution in [0.4, 0.5) is 0 Å². The normalized spacial score (nSPS) is 10.8. The summed E-state index contributed by atoms with van der Waals surface area (Å²) in [6.45, 7) is 5.91. The lowest BCUT2D eigenvalue weighted by atomic mass is 10.2. The van der Waals surface area contributed by atoms with Crippen LogP contribution in [-0.2, 0) is 4.74 Å². The van der Waals surface area contributed by atoms with E-state index in [-0.39, 0.29) is 5.91 Å². The van der Waals surface area contributed by atoms with E-state index in [1.165, 1.54) is 0 Å². The van der Waals surface area contributed by atoms with Crippen molar-refractivity contribution in [1.82, 2.24) is 14.7 Å². The fourth-order valence-electron chi connectivity index (χ4n) is 1.88. The molecule has 5 heteroatoms. The molecule has 2 heterocycles. The lowest BCUT2D eigenvalue weighted by molar-refractivity contribution is 0.0944. The molecule has 2 rings (SSSR count). The first-order chi connectivity index (χ1) is 9.20. The minimum atomic E-state index is -0.0650. The van der Waals surface area contributed by atoms with Crippen molar-refractivity contribution in [3.05, 3.63) is 35.8 Å². The summed E-state index contributed by atoms with van der Waals surface area (Å²) in [5.41, 5.74) is 2.43. The predicted octanol–water partition coefficient (Wildman–Crippen LogP) is 1.80. The molecule has 102 valence electrons. The number of hydrogen-bond acceptors (Lipinski definition) is 3. The quantitative estimate of drug-likeness (QED) is 0.807. The second-order valence-electron chi connectivity index (χ2n) is 4.37. The Labute approximate surface area is 112 Å². The van der Waals surface area contributed by atoms with Crippen molar-refractivity contribution >= 4 is 11.6 Å². The van der Waals surface area contributed by atoms with Gasteiger partial charge < -0.3 is 14.5 Å². The molecular formula is C14H19N3O2. The molecule has 0 radical (unpaired) electrons. The summed E-state index contributed by atoms with van der Waals surface area (Å²) in [6.07, 6.45) is 4.53. The van der Waals surface area contributed by atoms with Gasteiger partial charge in [0.2, 0.25) is 0 Å². The summed E-state index contributed by atoms with van der Waals surface area (Å²) < 4.78 is 7.08. The fraction of sp³-hybridized carbons (Fsp3) is 0.429. The number of hydrogen-bond donors (Lipinski definition) is 1. The van der Waals surface area contributed by atoms with E-state index in [2.05, 4.69) is 10.3 Å². The van der Waals surface area contributed by atoms with Gasteiger partial charge in [-0.05, 0) is 32.4 Å². The second kappa shape index (κ2) is 6.33. The highest BCUT2D eigenvalue weighted by Gasteiger charge is 2.06. The predicted molar refractivity (Wildman–Crippen MR) is 73.4 cm³/mol. The van der Waals surface area contributed by atoms with E-state index in [1.54, 1.807) is 12.3 Å². The maximum Gasteiger partial charge on any atom is 0.252 e. The highest BCUT2D eigenvalue weighted by atomic mass is 16.5. The molecule has 0 aliphatic heterocycles. The van der Waals surface area contributed by atoms with Crippen molar-refractivity contribution in [1.29, 1.82) is 0 Å². The molecule has 0 aromatic carbocycles. The van der Waals surface area contributed by atoms with Gasteiger partial charge in [0.15, 0.2) is 0 Å². The van der Waals surface area contributed by atoms with Crippen molar-refractivity contribution in [2.45, 2.75) is 20.3 Å². The van der Waals surface area contributed by atoms with Gasteiger partial charge in [0, 0.05) is 32.2 Å². The van der Waals surface area contributed by atoms with Crippen molar-refractivity contribution in [3.8, 4) is 0 Å². The molecule has 0 unspecified atom stereocenters. The van der Waals surface area contributed by atoms with Crippen LogP contribution in [0.5, 0.6) is 0 Å². The molecule has 1 N–H and O–H groups in total. The number of nitrogens with zero attached hydrogens (tertiary/aromatic N) is 2. The number of aromatic nitrogens is 2. The number of carbonyl (C=O) groups excluding carboxylic acids is 1. The number of fused-ring (bicyclic) bond motifs is 1. The third-order valence-corrected chi connectivity index (χ3v) is 2.79. The SMILES string of the molecule is CCOCCCNC(=O)c1ccc2nc(C)cn2c1. The molecule has 2 aromatic rings. The van der Waals surface area contributed by atoms with E-state index in [0.29, 0.717) is 25.3 Å². The first-order valence-corrected chi connectivity index (χ1v) is 6.52. The summed E-state index contributed by atoms with van der Waals surface area (Å²) >= 11 is 0. The second-order valence-corrected chi connectivity index (χ2v) is 4.37. The molecule has 1 amide bonds. The molecule has 0 spiro atoms. The number of ether oxygens (including phenoxy) is 1. The summed E-state index contributed by atoms with van der Waals surface area (Å²) in [4.78, 5) is 16.3. The van der Waals surface area contributed by atoms with Gasteiger partial charge in [-0.1, -0.05) is 0 Å². The van der Waals surface area contributed by atoms with Crippen LogP contribution in [0.3, 0.4) is 0 Å². The molecule has 0 saturated heterocycles. The first-order valence-electron chi connectivity index (χ1n) is 6.52. The standard InChI is InChI=1S/C14H19N3O2/c1-3-19-8-4-7-15-14(18)12-5-6-13-16-11(2)9-17(13)10-12/h5-6,9-10H,3-4,7-8H2,1-2H3,(H,15,18). The number of pyridine rings is 1. The van der Waals surface area contributed by atoms with Crippen molar-refractivity contribution in [2.24, 2.45) is 0 Å². The highest BCUT2D eigenvalue weighted by molar-refractivity contribution is 5.94. The zero-order valence-corrected chi connectivity index (χ0v) is 11.3. The number of amides is 1. The van der Waals surface area contributed by atoms with Gasteiger partial charge in [-0.25, -0.2) is 4.98 Å². The summed E-state index contributed by atoms with van der Waals surface area (Å²) in [5, 5.41) is 2.88. The van der Waals surface area contributed by atoms with E-state index in [4.69, 9.17) is 4.74 Å². The highest BCUT2D eigenvalue weighted by Crippen LogP contribution is 2.07. The van der Waals surface area contributed by atoms with Crippen LogP contribution in [0, 0.1) is 6.92 Å². The lowest BCUT2D eigenvalue weighted by Gasteiger charge is -2.05. The van der Waals surface area contributed by atoms with E-state index < -0.39 is 0 Å². The minimum Gasteiger partial charge on any atom is -0.382 e. The van der Waals surface area contributed by atoms with Crippen molar-refractivity contribution < 1.29 is 9.53 Å². The van der Waals surface area contributed by atoms with Gasteiger partial charge in [-0.3, -0.25) is 4.79 Å². The molecule has 0 saturated carbocycles. The third-order valence-electron chi connectivity index (χ3n) is 2.79. The van der Waals surface area contributed by atoms with E-state index in [0.717, 1.165) is 17.8 Å². The molecule has 2 aromatic heterocycles. The van der Waals surface area contributed by atoms with Crippen LogP contribution in [-0.4, -0.2) is 35.1 Å². The number of rotatable bonds is 6.